The summed E-state index contributed by atoms with van der Waals surface area (Å²) < 4.78 is 5.55. The molecule has 1 aromatic rings. The smallest absolute Gasteiger partial charge is 0.125 e. The average Bonchev–Trinajstić information content (AvgIpc) is 2.71. The predicted octanol–water partition coefficient (Wildman–Crippen LogP) is 1.53. The van der Waals surface area contributed by atoms with Gasteiger partial charge in [-0.25, -0.2) is 0 Å². The Morgan fingerprint density at radius 1 is 1.46 bits per heavy atom. The van der Waals surface area contributed by atoms with E-state index < -0.39 is 5.60 Å². The van der Waals surface area contributed by atoms with E-state index in [0.29, 0.717) is 18.4 Å². The number of hydrogen-bond acceptors (Lipinski definition) is 2. The van der Waals surface area contributed by atoms with Gasteiger partial charge in [-0.05, 0) is 12.0 Å². The molecule has 1 aromatic carbocycles. The van der Waals surface area contributed by atoms with E-state index in [1.807, 2.05) is 24.3 Å². The third-order valence-corrected chi connectivity index (χ3v) is 3.49. The van der Waals surface area contributed by atoms with Crippen molar-refractivity contribution < 1.29 is 9.84 Å². The van der Waals surface area contributed by atoms with Crippen molar-refractivity contribution in [2.45, 2.75) is 12.5 Å². The summed E-state index contributed by atoms with van der Waals surface area (Å²) in [6.45, 7) is 2.74. The van der Waals surface area contributed by atoms with Crippen LogP contribution in [0.5, 0.6) is 5.75 Å². The first-order chi connectivity index (χ1) is 6.24. The van der Waals surface area contributed by atoms with Crippen LogP contribution in [0.15, 0.2) is 24.3 Å². The molecule has 0 aromatic heterocycles. The zero-order valence-electron chi connectivity index (χ0n) is 7.53. The van der Waals surface area contributed by atoms with E-state index >= 15 is 0 Å². The van der Waals surface area contributed by atoms with Crippen molar-refractivity contribution in [3.05, 3.63) is 29.8 Å². The molecule has 13 heavy (non-hydrogen) atoms. The number of rotatable bonds is 0. The Bertz CT molecular complexity index is 361. The molecule has 2 nitrogen and oxygen atoms in total. The average molecular weight is 176 g/mol. The fourth-order valence-corrected chi connectivity index (χ4v) is 2.45. The van der Waals surface area contributed by atoms with Crippen LogP contribution < -0.4 is 4.74 Å². The van der Waals surface area contributed by atoms with Gasteiger partial charge in [-0.15, -0.1) is 0 Å². The highest BCUT2D eigenvalue weighted by Crippen LogP contribution is 2.61. The van der Waals surface area contributed by atoms with Crippen molar-refractivity contribution in [1.29, 1.82) is 0 Å². The van der Waals surface area contributed by atoms with E-state index in [9.17, 15) is 5.11 Å². The molecule has 0 amide bonds. The molecule has 0 spiro atoms. The molecule has 2 heteroatoms. The molecular weight excluding hydrogens is 164 g/mol. The molecule has 0 saturated heterocycles. The zero-order valence-corrected chi connectivity index (χ0v) is 7.53. The number of benzene rings is 1. The second-order valence-electron chi connectivity index (χ2n) is 4.03. The first-order valence-corrected chi connectivity index (χ1v) is 4.69. The van der Waals surface area contributed by atoms with Gasteiger partial charge >= 0.3 is 0 Å². The summed E-state index contributed by atoms with van der Waals surface area (Å²) in [5.41, 5.74) is 0.383. The van der Waals surface area contributed by atoms with Gasteiger partial charge in [0.2, 0.25) is 0 Å². The van der Waals surface area contributed by atoms with Gasteiger partial charge in [0.15, 0.2) is 0 Å². The van der Waals surface area contributed by atoms with E-state index in [2.05, 4.69) is 6.92 Å². The fraction of sp³-hybridized carbons (Fsp3) is 0.455. The molecule has 68 valence electrons. The maximum Gasteiger partial charge on any atom is 0.125 e. The third kappa shape index (κ3) is 0.724. The summed E-state index contributed by atoms with van der Waals surface area (Å²) in [4.78, 5) is 0. The maximum atomic E-state index is 10.3. The Hall–Kier alpha value is -1.02. The number of hydrogen-bond donors (Lipinski definition) is 1. The summed E-state index contributed by atoms with van der Waals surface area (Å²) in [5, 5.41) is 10.3. The van der Waals surface area contributed by atoms with E-state index in [0.717, 1.165) is 11.3 Å². The second kappa shape index (κ2) is 2.07. The van der Waals surface area contributed by atoms with Crippen molar-refractivity contribution in [3.63, 3.8) is 0 Å². The van der Waals surface area contributed by atoms with Gasteiger partial charge < -0.3 is 9.84 Å². The Kier molecular flexibility index (Phi) is 1.18. The minimum absolute atomic E-state index is 0.308. The van der Waals surface area contributed by atoms with Gasteiger partial charge in [-0.3, -0.25) is 0 Å². The summed E-state index contributed by atoms with van der Waals surface area (Å²) in [5.74, 6) is 1.50. The van der Waals surface area contributed by atoms with Gasteiger partial charge in [0.05, 0.1) is 6.61 Å². The van der Waals surface area contributed by atoms with Gasteiger partial charge in [0.1, 0.15) is 11.4 Å². The lowest BCUT2D eigenvalue weighted by atomic mass is 10.0. The molecule has 3 rings (SSSR count). The van der Waals surface area contributed by atoms with E-state index in [-0.39, 0.29) is 0 Å². The second-order valence-corrected chi connectivity index (χ2v) is 4.03. The van der Waals surface area contributed by atoms with E-state index in [1.165, 1.54) is 0 Å². The topological polar surface area (TPSA) is 29.5 Å². The first kappa shape index (κ1) is 7.39. The van der Waals surface area contributed by atoms with Crippen molar-refractivity contribution in [3.8, 4) is 5.75 Å². The predicted molar refractivity (Wildman–Crippen MR) is 48.5 cm³/mol. The molecule has 1 N–H and O–H groups in total. The third-order valence-electron chi connectivity index (χ3n) is 3.49. The van der Waals surface area contributed by atoms with E-state index in [4.69, 9.17) is 4.74 Å². The summed E-state index contributed by atoms with van der Waals surface area (Å²) in [6.07, 6.45) is 0. The molecule has 1 aliphatic carbocycles. The Morgan fingerprint density at radius 2 is 2.23 bits per heavy atom. The maximum absolute atomic E-state index is 10.3. The highest BCUT2D eigenvalue weighted by atomic mass is 16.5. The minimum Gasteiger partial charge on any atom is -0.493 e. The molecule has 1 aliphatic heterocycles. The van der Waals surface area contributed by atoms with Gasteiger partial charge in [-0.2, -0.15) is 0 Å². The Morgan fingerprint density at radius 3 is 3.08 bits per heavy atom. The summed E-state index contributed by atoms with van der Waals surface area (Å²) in [7, 11) is 0. The zero-order chi connectivity index (χ0) is 9.05. The molecule has 3 unspecified atom stereocenters. The van der Waals surface area contributed by atoms with Crippen molar-refractivity contribution in [2.24, 2.45) is 11.8 Å². The molecule has 0 bridgehead atoms. The molecule has 1 heterocycles. The molecule has 1 saturated carbocycles. The van der Waals surface area contributed by atoms with Crippen LogP contribution in [-0.4, -0.2) is 11.7 Å². The normalized spacial score (nSPS) is 40.2. The van der Waals surface area contributed by atoms with Crippen LogP contribution in [0.1, 0.15) is 12.5 Å². The van der Waals surface area contributed by atoms with Crippen LogP contribution >= 0.6 is 0 Å². The first-order valence-electron chi connectivity index (χ1n) is 4.69. The van der Waals surface area contributed by atoms with Crippen LogP contribution in [0.25, 0.3) is 0 Å². The number of fused-ring (bicyclic) bond motifs is 3. The van der Waals surface area contributed by atoms with Crippen molar-refractivity contribution >= 4 is 0 Å². The number of aliphatic hydroxyl groups is 1. The summed E-state index contributed by atoms with van der Waals surface area (Å²) >= 11 is 0. The van der Waals surface area contributed by atoms with Crippen LogP contribution in [0.4, 0.5) is 0 Å². The molecule has 3 atom stereocenters. The molecule has 0 radical (unpaired) electrons. The number of ether oxygens (including phenoxy) is 1. The SMILES string of the molecule is CC1C2COc3ccccc3C12O. The number of para-hydroxylation sites is 1. The Labute approximate surface area is 77.2 Å². The van der Waals surface area contributed by atoms with Crippen molar-refractivity contribution in [1.82, 2.24) is 0 Å². The molecule has 1 fully saturated rings. The standard InChI is InChI=1S/C11H12O2/c1-7-9-6-13-10-5-3-2-4-8(10)11(7,9)12/h2-5,7,9,12H,6H2,1H3. The fourth-order valence-electron chi connectivity index (χ4n) is 2.45. The highest BCUT2D eigenvalue weighted by Gasteiger charge is 2.65. The van der Waals surface area contributed by atoms with Crippen LogP contribution in [-0.2, 0) is 5.60 Å². The van der Waals surface area contributed by atoms with Crippen LogP contribution in [0.3, 0.4) is 0 Å². The van der Waals surface area contributed by atoms with Gasteiger partial charge in [0.25, 0.3) is 0 Å². The molecule has 2 aliphatic rings. The largest absolute Gasteiger partial charge is 0.493 e. The van der Waals surface area contributed by atoms with Crippen LogP contribution in [0, 0.1) is 11.8 Å². The van der Waals surface area contributed by atoms with E-state index in [1.54, 1.807) is 0 Å². The van der Waals surface area contributed by atoms with Gasteiger partial charge in [0, 0.05) is 11.5 Å². The summed E-state index contributed by atoms with van der Waals surface area (Å²) in [6, 6.07) is 7.78. The minimum atomic E-state index is -0.588. The highest BCUT2D eigenvalue weighted by molar-refractivity contribution is 5.45. The quantitative estimate of drug-likeness (QED) is 0.649. The van der Waals surface area contributed by atoms with Crippen LogP contribution in [0.2, 0.25) is 0 Å². The lowest BCUT2D eigenvalue weighted by Gasteiger charge is -2.21. The Balaban J connectivity index is 2.17. The van der Waals surface area contributed by atoms with Crippen molar-refractivity contribution in [2.75, 3.05) is 6.61 Å². The lowest BCUT2D eigenvalue weighted by Crippen LogP contribution is -2.20. The lowest BCUT2D eigenvalue weighted by molar-refractivity contribution is 0.0873. The van der Waals surface area contributed by atoms with Gasteiger partial charge in [-0.1, -0.05) is 25.1 Å². The monoisotopic (exact) mass is 176 g/mol. The molecular formula is C11H12O2.